The minimum Gasteiger partial charge on any atom is -0.396 e. The summed E-state index contributed by atoms with van der Waals surface area (Å²) in [5, 5.41) is 8.17. The SMILES string of the molecule is N#CCc1cc(C(F)F)c(N)c(Cl)n1. The minimum atomic E-state index is -2.71. The largest absolute Gasteiger partial charge is 0.396 e. The lowest BCUT2D eigenvalue weighted by atomic mass is 10.2. The van der Waals surface area contributed by atoms with E-state index in [0.717, 1.165) is 6.07 Å². The normalized spacial score (nSPS) is 10.2. The monoisotopic (exact) mass is 217 g/mol. The highest BCUT2D eigenvalue weighted by Gasteiger charge is 2.16. The Morgan fingerprint density at radius 3 is 2.79 bits per heavy atom. The van der Waals surface area contributed by atoms with Gasteiger partial charge in [0.05, 0.1) is 23.9 Å². The van der Waals surface area contributed by atoms with Crippen molar-refractivity contribution in [2.75, 3.05) is 5.73 Å². The van der Waals surface area contributed by atoms with Crippen LogP contribution in [0.5, 0.6) is 0 Å². The molecule has 2 N–H and O–H groups in total. The van der Waals surface area contributed by atoms with Crippen LogP contribution >= 0.6 is 11.6 Å². The summed E-state index contributed by atoms with van der Waals surface area (Å²) in [5.74, 6) is 0. The minimum absolute atomic E-state index is 0.0697. The lowest BCUT2D eigenvalue weighted by Gasteiger charge is -2.07. The van der Waals surface area contributed by atoms with E-state index in [2.05, 4.69) is 4.98 Å². The van der Waals surface area contributed by atoms with Crippen molar-refractivity contribution in [3.8, 4) is 6.07 Å². The lowest BCUT2D eigenvalue weighted by Crippen LogP contribution is -2.01. The van der Waals surface area contributed by atoms with Gasteiger partial charge in [0.15, 0.2) is 5.15 Å². The second-order valence-electron chi connectivity index (χ2n) is 2.54. The van der Waals surface area contributed by atoms with Gasteiger partial charge in [0.2, 0.25) is 0 Å². The summed E-state index contributed by atoms with van der Waals surface area (Å²) in [6.45, 7) is 0. The lowest BCUT2D eigenvalue weighted by molar-refractivity contribution is 0.152. The Kier molecular flexibility index (Phi) is 3.20. The topological polar surface area (TPSA) is 62.7 Å². The molecule has 0 fully saturated rings. The molecule has 1 aromatic rings. The average Bonchev–Trinajstić information content (AvgIpc) is 2.11. The molecule has 6 heteroatoms. The number of nitriles is 1. The number of nitrogen functional groups attached to an aromatic ring is 1. The fraction of sp³-hybridized carbons (Fsp3) is 0.250. The Morgan fingerprint density at radius 1 is 1.64 bits per heavy atom. The van der Waals surface area contributed by atoms with E-state index in [1.54, 1.807) is 6.07 Å². The Labute approximate surface area is 84.1 Å². The maximum absolute atomic E-state index is 12.4. The molecule has 0 amide bonds. The Bertz CT molecular complexity index is 387. The molecule has 3 nitrogen and oxygen atoms in total. The van der Waals surface area contributed by atoms with Gasteiger partial charge in [-0.1, -0.05) is 11.6 Å². The van der Waals surface area contributed by atoms with Crippen LogP contribution in [-0.4, -0.2) is 4.98 Å². The second kappa shape index (κ2) is 4.20. The molecule has 1 aromatic heterocycles. The van der Waals surface area contributed by atoms with Crippen molar-refractivity contribution in [3.63, 3.8) is 0 Å². The zero-order valence-electron chi connectivity index (χ0n) is 6.97. The molecule has 0 aromatic carbocycles. The summed E-state index contributed by atoms with van der Waals surface area (Å²) in [7, 11) is 0. The predicted octanol–water partition coefficient (Wildman–Crippen LogP) is 2.32. The molecule has 1 heterocycles. The number of pyridine rings is 1. The Hall–Kier alpha value is -1.41. The molecular weight excluding hydrogens is 212 g/mol. The summed E-state index contributed by atoms with van der Waals surface area (Å²) in [6, 6.07) is 2.88. The van der Waals surface area contributed by atoms with Gasteiger partial charge in [-0.15, -0.1) is 0 Å². The third-order valence-electron chi connectivity index (χ3n) is 1.59. The third-order valence-corrected chi connectivity index (χ3v) is 1.88. The van der Waals surface area contributed by atoms with E-state index in [4.69, 9.17) is 22.6 Å². The highest BCUT2D eigenvalue weighted by atomic mass is 35.5. The number of nitrogens with two attached hydrogens (primary N) is 1. The van der Waals surface area contributed by atoms with Crippen molar-refractivity contribution in [3.05, 3.63) is 22.5 Å². The first-order valence-electron chi connectivity index (χ1n) is 3.66. The van der Waals surface area contributed by atoms with E-state index in [0.29, 0.717) is 0 Å². The summed E-state index contributed by atoms with van der Waals surface area (Å²) in [4.78, 5) is 3.69. The number of aromatic nitrogens is 1. The third kappa shape index (κ3) is 2.09. The average molecular weight is 218 g/mol. The van der Waals surface area contributed by atoms with E-state index in [9.17, 15) is 8.78 Å². The van der Waals surface area contributed by atoms with Gasteiger partial charge in [0.25, 0.3) is 6.43 Å². The number of hydrogen-bond donors (Lipinski definition) is 1. The molecule has 0 aliphatic rings. The van der Waals surface area contributed by atoms with Gasteiger partial charge in [0.1, 0.15) is 0 Å². The zero-order valence-corrected chi connectivity index (χ0v) is 7.72. The van der Waals surface area contributed by atoms with Gasteiger partial charge in [-0.3, -0.25) is 0 Å². The van der Waals surface area contributed by atoms with Crippen molar-refractivity contribution in [2.24, 2.45) is 0 Å². The number of halogens is 3. The van der Waals surface area contributed by atoms with Gasteiger partial charge in [-0.2, -0.15) is 5.26 Å². The van der Waals surface area contributed by atoms with E-state index in [-0.39, 0.29) is 28.5 Å². The summed E-state index contributed by atoms with van der Waals surface area (Å²) in [5.41, 5.74) is 4.88. The molecule has 0 bridgehead atoms. The molecule has 0 spiro atoms. The van der Waals surface area contributed by atoms with E-state index >= 15 is 0 Å². The van der Waals surface area contributed by atoms with Crippen LogP contribution in [0.3, 0.4) is 0 Å². The van der Waals surface area contributed by atoms with Crippen LogP contribution in [0.15, 0.2) is 6.07 Å². The molecule has 0 aliphatic heterocycles. The molecular formula is C8H6ClF2N3. The van der Waals surface area contributed by atoms with Crippen LogP contribution in [0, 0.1) is 11.3 Å². The fourth-order valence-electron chi connectivity index (χ4n) is 0.947. The van der Waals surface area contributed by atoms with Gasteiger partial charge in [0, 0.05) is 5.56 Å². The predicted molar refractivity (Wildman–Crippen MR) is 47.9 cm³/mol. The van der Waals surface area contributed by atoms with Gasteiger partial charge >= 0.3 is 0 Å². The van der Waals surface area contributed by atoms with E-state index in [1.165, 1.54) is 0 Å². The quantitative estimate of drug-likeness (QED) is 0.774. The van der Waals surface area contributed by atoms with Crippen molar-refractivity contribution in [1.29, 1.82) is 5.26 Å². The summed E-state index contributed by atoms with van der Waals surface area (Å²) in [6.07, 6.45) is -2.78. The number of nitrogens with zero attached hydrogens (tertiary/aromatic N) is 2. The van der Waals surface area contributed by atoms with Crippen molar-refractivity contribution < 1.29 is 8.78 Å². The maximum atomic E-state index is 12.4. The number of rotatable bonds is 2. The maximum Gasteiger partial charge on any atom is 0.266 e. The highest BCUT2D eigenvalue weighted by molar-refractivity contribution is 6.32. The van der Waals surface area contributed by atoms with Crippen LogP contribution in [0.4, 0.5) is 14.5 Å². The smallest absolute Gasteiger partial charge is 0.266 e. The molecule has 74 valence electrons. The van der Waals surface area contributed by atoms with Gasteiger partial charge < -0.3 is 5.73 Å². The molecule has 0 saturated carbocycles. The van der Waals surface area contributed by atoms with E-state index < -0.39 is 6.43 Å². The van der Waals surface area contributed by atoms with Gasteiger partial charge in [-0.25, -0.2) is 13.8 Å². The van der Waals surface area contributed by atoms with Crippen molar-refractivity contribution >= 4 is 17.3 Å². The summed E-state index contributed by atoms with van der Waals surface area (Å²) >= 11 is 5.52. The number of hydrogen-bond acceptors (Lipinski definition) is 3. The van der Waals surface area contributed by atoms with Crippen LogP contribution in [0.1, 0.15) is 17.7 Å². The van der Waals surface area contributed by atoms with E-state index in [1.807, 2.05) is 0 Å². The standard InChI is InChI=1S/C8H6ClF2N3/c9-7-6(13)5(8(10)11)3-4(14-7)1-2-12/h3,8H,1,13H2. The Balaban J connectivity index is 3.22. The van der Waals surface area contributed by atoms with Crippen LogP contribution in [0.25, 0.3) is 0 Å². The first-order chi connectivity index (χ1) is 6.56. The highest BCUT2D eigenvalue weighted by Crippen LogP contribution is 2.30. The molecule has 0 atom stereocenters. The molecule has 0 saturated heterocycles. The molecule has 1 rings (SSSR count). The van der Waals surface area contributed by atoms with Crippen LogP contribution in [-0.2, 0) is 6.42 Å². The summed E-state index contributed by atoms with van der Waals surface area (Å²) < 4.78 is 24.8. The Morgan fingerprint density at radius 2 is 2.29 bits per heavy atom. The number of alkyl halides is 2. The molecule has 14 heavy (non-hydrogen) atoms. The van der Waals surface area contributed by atoms with Crippen LogP contribution < -0.4 is 5.73 Å². The van der Waals surface area contributed by atoms with Crippen LogP contribution in [0.2, 0.25) is 5.15 Å². The van der Waals surface area contributed by atoms with Gasteiger partial charge in [-0.05, 0) is 6.07 Å². The molecule has 0 aliphatic carbocycles. The zero-order chi connectivity index (χ0) is 10.7. The first-order valence-corrected chi connectivity index (χ1v) is 4.04. The van der Waals surface area contributed by atoms with Crippen molar-refractivity contribution in [1.82, 2.24) is 4.98 Å². The second-order valence-corrected chi connectivity index (χ2v) is 2.90. The number of anilines is 1. The molecule has 0 radical (unpaired) electrons. The fourth-order valence-corrected chi connectivity index (χ4v) is 1.16. The molecule has 0 unspecified atom stereocenters. The first kappa shape index (κ1) is 10.7. The van der Waals surface area contributed by atoms with Crippen molar-refractivity contribution in [2.45, 2.75) is 12.8 Å².